The first-order valence-corrected chi connectivity index (χ1v) is 13.5. The molecule has 222 valence electrons. The van der Waals surface area contributed by atoms with E-state index in [1.54, 1.807) is 24.3 Å². The van der Waals surface area contributed by atoms with Gasteiger partial charge >= 0.3 is 0 Å². The van der Waals surface area contributed by atoms with Gasteiger partial charge in [-0.05, 0) is 55.7 Å². The molecule has 0 unspecified atom stereocenters. The van der Waals surface area contributed by atoms with Crippen LogP contribution in [0.2, 0.25) is 0 Å². The Balaban J connectivity index is 1.78. The molecule has 4 amide bonds. The van der Waals surface area contributed by atoms with E-state index in [0.29, 0.717) is 5.75 Å². The van der Waals surface area contributed by atoms with Crippen LogP contribution in [0.5, 0.6) is 11.5 Å². The Morgan fingerprint density at radius 3 is 2.46 bits per heavy atom. The predicted molar refractivity (Wildman–Crippen MR) is 148 cm³/mol. The molecular weight excluding hydrogens is 535 g/mol. The standard InChI is InChI=1S/C29H37FN4O7/c1-17(2)23-16-41-24-7-5-4-6-21(24)27(37)32-22(12-13-25(36)34-26(18(3)35)29(39)33-23)28(38)31-14-15-40-20-10-8-19(30)9-11-20/h4-11,17-18,22-23,26,35H,12-16H2,1-3H3,(H,31,38)(H,32,37)(H,33,39)(H,34,36)/t18-,22+,23-,26+/m1/s1. The van der Waals surface area contributed by atoms with Gasteiger partial charge in [-0.25, -0.2) is 4.39 Å². The number of carbonyl (C=O) groups is 4. The van der Waals surface area contributed by atoms with Gasteiger partial charge < -0.3 is 35.8 Å². The Morgan fingerprint density at radius 1 is 1.07 bits per heavy atom. The molecule has 0 bridgehead atoms. The molecule has 1 aliphatic rings. The van der Waals surface area contributed by atoms with E-state index in [-0.39, 0.29) is 49.8 Å². The fourth-order valence-corrected chi connectivity index (χ4v) is 4.06. The smallest absolute Gasteiger partial charge is 0.255 e. The lowest BCUT2D eigenvalue weighted by atomic mass is 10.0. The third-order valence-electron chi connectivity index (χ3n) is 6.53. The maximum atomic E-state index is 13.3. The van der Waals surface area contributed by atoms with Crippen LogP contribution < -0.4 is 30.7 Å². The predicted octanol–water partition coefficient (Wildman–Crippen LogP) is 1.30. The van der Waals surface area contributed by atoms with Gasteiger partial charge in [0.25, 0.3) is 5.91 Å². The quantitative estimate of drug-likeness (QED) is 0.313. The first-order chi connectivity index (χ1) is 19.5. The number of hydrogen-bond acceptors (Lipinski definition) is 7. The Kier molecular flexibility index (Phi) is 11.5. The van der Waals surface area contributed by atoms with Crippen molar-refractivity contribution in [3.63, 3.8) is 0 Å². The number of aliphatic hydroxyl groups excluding tert-OH is 1. The molecule has 4 atom stereocenters. The lowest BCUT2D eigenvalue weighted by Crippen LogP contribution is -2.56. The minimum absolute atomic E-state index is 0.0200. The second-order valence-electron chi connectivity index (χ2n) is 10.1. The number of carbonyl (C=O) groups excluding carboxylic acids is 4. The maximum absolute atomic E-state index is 13.3. The number of benzene rings is 2. The molecule has 0 saturated heterocycles. The Labute approximate surface area is 238 Å². The van der Waals surface area contributed by atoms with Crippen molar-refractivity contribution in [2.75, 3.05) is 19.8 Å². The van der Waals surface area contributed by atoms with Gasteiger partial charge in [-0.1, -0.05) is 26.0 Å². The molecule has 0 fully saturated rings. The van der Waals surface area contributed by atoms with Gasteiger partial charge in [-0.2, -0.15) is 0 Å². The van der Waals surface area contributed by atoms with E-state index in [9.17, 15) is 28.7 Å². The summed E-state index contributed by atoms with van der Waals surface area (Å²) < 4.78 is 24.5. The SMILES string of the molecule is CC(C)[C@H]1COc2ccccc2C(=O)N[C@H](C(=O)NCCOc2ccc(F)cc2)CCC(=O)N[C@@H]([C@@H](C)O)C(=O)N1. The minimum Gasteiger partial charge on any atom is -0.492 e. The molecule has 0 saturated carbocycles. The highest BCUT2D eigenvalue weighted by atomic mass is 19.1. The van der Waals surface area contributed by atoms with Crippen molar-refractivity contribution in [1.29, 1.82) is 0 Å². The van der Waals surface area contributed by atoms with Crippen LogP contribution in [0.1, 0.15) is 44.0 Å². The van der Waals surface area contributed by atoms with Crippen LogP contribution in [-0.2, 0) is 14.4 Å². The first kappa shape index (κ1) is 31.3. The van der Waals surface area contributed by atoms with E-state index in [2.05, 4.69) is 21.3 Å². The summed E-state index contributed by atoms with van der Waals surface area (Å²) in [4.78, 5) is 52.1. The van der Waals surface area contributed by atoms with E-state index in [1.165, 1.54) is 31.2 Å². The topological polar surface area (TPSA) is 155 Å². The fraction of sp³-hybridized carbons (Fsp3) is 0.448. The van der Waals surface area contributed by atoms with Crippen molar-refractivity contribution in [2.24, 2.45) is 5.92 Å². The van der Waals surface area contributed by atoms with Crippen molar-refractivity contribution in [3.05, 3.63) is 59.9 Å². The summed E-state index contributed by atoms with van der Waals surface area (Å²) in [5, 5.41) is 20.9. The zero-order chi connectivity index (χ0) is 29.9. The average Bonchev–Trinajstić information content (AvgIpc) is 2.94. The number of halogens is 1. The summed E-state index contributed by atoms with van der Waals surface area (Å²) in [5.74, 6) is -2.08. The molecule has 2 aromatic carbocycles. The number of ether oxygens (including phenoxy) is 2. The highest BCUT2D eigenvalue weighted by Crippen LogP contribution is 2.20. The molecular formula is C29H37FN4O7. The van der Waals surface area contributed by atoms with Gasteiger partial charge in [0.15, 0.2) is 0 Å². The van der Waals surface area contributed by atoms with Crippen LogP contribution in [0, 0.1) is 11.7 Å². The van der Waals surface area contributed by atoms with Crippen molar-refractivity contribution in [3.8, 4) is 11.5 Å². The lowest BCUT2D eigenvalue weighted by molar-refractivity contribution is -0.132. The van der Waals surface area contributed by atoms with Crippen molar-refractivity contribution < 1.29 is 38.1 Å². The number of fused-ring (bicyclic) bond motifs is 1. The number of rotatable bonds is 7. The molecule has 0 aromatic heterocycles. The third kappa shape index (κ3) is 9.45. The average molecular weight is 573 g/mol. The largest absolute Gasteiger partial charge is 0.492 e. The third-order valence-corrected chi connectivity index (χ3v) is 6.53. The lowest BCUT2D eigenvalue weighted by Gasteiger charge is -2.27. The second kappa shape index (κ2) is 15.0. The van der Waals surface area contributed by atoms with Crippen molar-refractivity contribution in [1.82, 2.24) is 21.3 Å². The Morgan fingerprint density at radius 2 is 1.78 bits per heavy atom. The molecule has 1 aliphatic heterocycles. The Hall–Kier alpha value is -4.19. The number of nitrogens with one attached hydrogen (secondary N) is 4. The van der Waals surface area contributed by atoms with Crippen LogP contribution >= 0.6 is 0 Å². The normalized spacial score (nSPS) is 21.1. The molecule has 0 spiro atoms. The minimum atomic E-state index is -1.23. The summed E-state index contributed by atoms with van der Waals surface area (Å²) in [6.07, 6.45) is -1.50. The molecule has 11 nitrogen and oxygen atoms in total. The second-order valence-corrected chi connectivity index (χ2v) is 10.1. The molecule has 1 heterocycles. The summed E-state index contributed by atoms with van der Waals surface area (Å²) in [6, 6.07) is 9.10. The van der Waals surface area contributed by atoms with Gasteiger partial charge in [0.05, 0.1) is 24.3 Å². The van der Waals surface area contributed by atoms with Crippen LogP contribution in [0.15, 0.2) is 48.5 Å². The highest BCUT2D eigenvalue weighted by Gasteiger charge is 2.30. The number of amides is 4. The van der Waals surface area contributed by atoms with Crippen LogP contribution in [0.4, 0.5) is 4.39 Å². The number of aliphatic hydroxyl groups is 1. The van der Waals surface area contributed by atoms with E-state index < -0.39 is 53.7 Å². The zero-order valence-electron chi connectivity index (χ0n) is 23.3. The maximum Gasteiger partial charge on any atom is 0.255 e. The van der Waals surface area contributed by atoms with Crippen molar-refractivity contribution in [2.45, 2.75) is 57.8 Å². The molecule has 5 N–H and O–H groups in total. The van der Waals surface area contributed by atoms with Gasteiger partial charge in [0.1, 0.15) is 42.6 Å². The van der Waals surface area contributed by atoms with E-state index in [1.807, 2.05) is 13.8 Å². The Bertz CT molecular complexity index is 1210. The molecule has 2 aromatic rings. The summed E-state index contributed by atoms with van der Waals surface area (Å²) in [5.41, 5.74) is 0.181. The summed E-state index contributed by atoms with van der Waals surface area (Å²) in [6.45, 7) is 5.33. The summed E-state index contributed by atoms with van der Waals surface area (Å²) in [7, 11) is 0. The molecule has 0 aliphatic carbocycles. The van der Waals surface area contributed by atoms with Crippen molar-refractivity contribution >= 4 is 23.6 Å². The molecule has 41 heavy (non-hydrogen) atoms. The summed E-state index contributed by atoms with van der Waals surface area (Å²) >= 11 is 0. The molecule has 0 radical (unpaired) electrons. The van der Waals surface area contributed by atoms with E-state index in [4.69, 9.17) is 9.47 Å². The highest BCUT2D eigenvalue weighted by molar-refractivity contribution is 5.99. The van der Waals surface area contributed by atoms with E-state index >= 15 is 0 Å². The zero-order valence-corrected chi connectivity index (χ0v) is 23.3. The van der Waals surface area contributed by atoms with Crippen LogP contribution in [0.3, 0.4) is 0 Å². The van der Waals surface area contributed by atoms with Crippen LogP contribution in [-0.4, -0.2) is 72.7 Å². The number of para-hydroxylation sites is 1. The molecule has 12 heteroatoms. The fourth-order valence-electron chi connectivity index (χ4n) is 4.06. The monoisotopic (exact) mass is 572 g/mol. The van der Waals surface area contributed by atoms with Gasteiger partial charge in [-0.15, -0.1) is 0 Å². The van der Waals surface area contributed by atoms with Gasteiger partial charge in [0, 0.05) is 6.42 Å². The van der Waals surface area contributed by atoms with Gasteiger partial charge in [0.2, 0.25) is 17.7 Å². The number of hydrogen-bond donors (Lipinski definition) is 5. The van der Waals surface area contributed by atoms with E-state index in [0.717, 1.165) is 0 Å². The van der Waals surface area contributed by atoms with Crippen LogP contribution in [0.25, 0.3) is 0 Å². The molecule has 3 rings (SSSR count). The first-order valence-electron chi connectivity index (χ1n) is 13.5. The van der Waals surface area contributed by atoms with Gasteiger partial charge in [-0.3, -0.25) is 19.2 Å².